The number of aromatic nitrogens is 2. The van der Waals surface area contributed by atoms with E-state index in [4.69, 9.17) is 4.98 Å². The zero-order valence-electron chi connectivity index (χ0n) is 22.1. The Bertz CT molecular complexity index is 1720. The fraction of sp³-hybridized carbons (Fsp3) is 0.182. The molecular weight excluding hydrogens is 521 g/mol. The number of aliphatic carboxylic acids is 1. The van der Waals surface area contributed by atoms with Crippen LogP contribution in [0.15, 0.2) is 84.4 Å². The monoisotopic (exact) mass is 549 g/mol. The third-order valence-electron chi connectivity index (χ3n) is 6.82. The smallest absolute Gasteiger partial charge is 0.346 e. The summed E-state index contributed by atoms with van der Waals surface area (Å²) in [6, 6.07) is 26.2. The molecular formula is C33H28FN3O2S. The van der Waals surface area contributed by atoms with E-state index in [1.165, 1.54) is 36.0 Å². The standard InChI is InChI=1S/C33H28FN3O2S/c1-2-3-4-5-8-24-19-28(20-25(21-35)33(38)39)40-31(24)22-11-13-23(14-12-22)32-36-29-9-6-7-10-30(29)37(32)27-17-15-26(34)16-18-27/h6-7,9-20H,2-5,8H2,1H3,(H,38,39)/b25-20+. The second-order valence-corrected chi connectivity index (χ2v) is 10.7. The van der Waals surface area contributed by atoms with E-state index < -0.39 is 5.97 Å². The second-order valence-electron chi connectivity index (χ2n) is 9.60. The number of carboxylic acid groups (broad SMARTS) is 1. The van der Waals surface area contributed by atoms with Gasteiger partial charge in [-0.15, -0.1) is 11.3 Å². The molecule has 40 heavy (non-hydrogen) atoms. The van der Waals surface area contributed by atoms with Crippen molar-refractivity contribution in [3.8, 4) is 33.6 Å². The van der Waals surface area contributed by atoms with Gasteiger partial charge in [-0.1, -0.05) is 62.6 Å². The molecule has 0 aliphatic carbocycles. The number of fused-ring (bicyclic) bond motifs is 1. The SMILES string of the molecule is CCCCCCc1cc(/C=C(\C#N)C(=O)O)sc1-c1ccc(-c2nc3ccccc3n2-c2ccc(F)cc2)cc1. The van der Waals surface area contributed by atoms with Gasteiger partial charge >= 0.3 is 5.97 Å². The largest absolute Gasteiger partial charge is 0.477 e. The summed E-state index contributed by atoms with van der Waals surface area (Å²) in [7, 11) is 0. The zero-order valence-corrected chi connectivity index (χ0v) is 22.9. The van der Waals surface area contributed by atoms with E-state index in [9.17, 15) is 19.6 Å². The summed E-state index contributed by atoms with van der Waals surface area (Å²) < 4.78 is 15.7. The Morgan fingerprint density at radius 1 is 1.02 bits per heavy atom. The number of hydrogen-bond acceptors (Lipinski definition) is 4. The average molecular weight is 550 g/mol. The van der Waals surface area contributed by atoms with Crippen LogP contribution >= 0.6 is 11.3 Å². The number of nitriles is 1. The van der Waals surface area contributed by atoms with E-state index in [0.29, 0.717) is 0 Å². The van der Waals surface area contributed by atoms with E-state index in [1.807, 2.05) is 47.0 Å². The highest BCUT2D eigenvalue weighted by molar-refractivity contribution is 7.16. The number of rotatable bonds is 10. The van der Waals surface area contributed by atoms with Crippen molar-refractivity contribution in [3.63, 3.8) is 0 Å². The first-order valence-electron chi connectivity index (χ1n) is 13.3. The number of carboxylic acids is 1. The lowest BCUT2D eigenvalue weighted by molar-refractivity contribution is -0.132. The lowest BCUT2D eigenvalue weighted by Crippen LogP contribution is -1.97. The Morgan fingerprint density at radius 3 is 2.45 bits per heavy atom. The number of carbonyl (C=O) groups is 1. The molecule has 0 atom stereocenters. The minimum Gasteiger partial charge on any atom is -0.477 e. The maximum absolute atomic E-state index is 13.7. The number of halogens is 1. The summed E-state index contributed by atoms with van der Waals surface area (Å²) in [6.45, 7) is 2.18. The Labute approximate surface area is 236 Å². The summed E-state index contributed by atoms with van der Waals surface area (Å²) in [5.41, 5.74) is 5.43. The van der Waals surface area contributed by atoms with Gasteiger partial charge in [-0.25, -0.2) is 14.2 Å². The Balaban J connectivity index is 1.54. The summed E-state index contributed by atoms with van der Waals surface area (Å²) in [5, 5.41) is 18.6. The van der Waals surface area contributed by atoms with Gasteiger partial charge in [0.25, 0.3) is 0 Å². The Morgan fingerprint density at radius 2 is 1.75 bits per heavy atom. The van der Waals surface area contributed by atoms with Crippen molar-refractivity contribution in [2.24, 2.45) is 0 Å². The highest BCUT2D eigenvalue weighted by atomic mass is 32.1. The summed E-state index contributed by atoms with van der Waals surface area (Å²) in [5.74, 6) is -0.760. The molecule has 5 rings (SSSR count). The molecule has 200 valence electrons. The van der Waals surface area contributed by atoms with Gasteiger partial charge in [0, 0.05) is 21.0 Å². The van der Waals surface area contributed by atoms with E-state index >= 15 is 0 Å². The normalized spacial score (nSPS) is 11.6. The van der Waals surface area contributed by atoms with Gasteiger partial charge in [-0.2, -0.15) is 5.26 Å². The van der Waals surface area contributed by atoms with E-state index in [-0.39, 0.29) is 11.4 Å². The van der Waals surface area contributed by atoms with Crippen molar-refractivity contribution in [2.75, 3.05) is 0 Å². The first-order valence-corrected chi connectivity index (χ1v) is 14.1. The van der Waals surface area contributed by atoms with Crippen molar-refractivity contribution in [2.45, 2.75) is 39.0 Å². The lowest BCUT2D eigenvalue weighted by atomic mass is 10.0. The van der Waals surface area contributed by atoms with Crippen molar-refractivity contribution in [1.29, 1.82) is 5.26 Å². The first kappa shape index (κ1) is 27.0. The molecule has 0 unspecified atom stereocenters. The van der Waals surface area contributed by atoms with E-state index in [2.05, 4.69) is 19.1 Å². The van der Waals surface area contributed by atoms with Gasteiger partial charge in [0.2, 0.25) is 0 Å². The van der Waals surface area contributed by atoms with Crippen LogP contribution in [0.25, 0.3) is 44.6 Å². The van der Waals surface area contributed by atoms with E-state index in [0.717, 1.165) is 74.7 Å². The molecule has 0 fully saturated rings. The number of unbranched alkanes of at least 4 members (excludes halogenated alkanes) is 3. The molecule has 0 saturated heterocycles. The maximum atomic E-state index is 13.7. The molecule has 0 spiro atoms. The third-order valence-corrected chi connectivity index (χ3v) is 7.99. The number of benzene rings is 3. The molecule has 0 radical (unpaired) electrons. The fourth-order valence-electron chi connectivity index (χ4n) is 4.82. The van der Waals surface area contributed by atoms with Crippen LogP contribution in [-0.2, 0) is 11.2 Å². The number of hydrogen-bond donors (Lipinski definition) is 1. The Kier molecular flexibility index (Phi) is 8.18. The van der Waals surface area contributed by atoms with Gasteiger partial charge < -0.3 is 5.11 Å². The molecule has 0 bridgehead atoms. The van der Waals surface area contributed by atoms with Crippen LogP contribution in [0.4, 0.5) is 4.39 Å². The molecule has 1 N–H and O–H groups in total. The minimum atomic E-state index is -1.23. The van der Waals surface area contributed by atoms with Crippen molar-refractivity contribution in [3.05, 3.63) is 101 Å². The quantitative estimate of drug-likeness (QED) is 0.107. The molecule has 3 aromatic carbocycles. The molecule has 5 aromatic rings. The molecule has 0 aliphatic rings. The van der Waals surface area contributed by atoms with Crippen molar-refractivity contribution >= 4 is 34.4 Å². The van der Waals surface area contributed by atoms with E-state index in [1.54, 1.807) is 18.2 Å². The number of nitrogens with zero attached hydrogens (tertiary/aromatic N) is 3. The Hall–Kier alpha value is -4.54. The fourth-order valence-corrected chi connectivity index (χ4v) is 5.98. The van der Waals surface area contributed by atoms with Crippen LogP contribution in [0.5, 0.6) is 0 Å². The number of imidazole rings is 1. The summed E-state index contributed by atoms with van der Waals surface area (Å²) in [6.07, 6.45) is 6.84. The van der Waals surface area contributed by atoms with Gasteiger partial charge in [-0.05, 0) is 72.5 Å². The topological polar surface area (TPSA) is 78.9 Å². The highest BCUT2D eigenvalue weighted by Crippen LogP contribution is 2.37. The number of aryl methyl sites for hydroxylation is 1. The summed E-state index contributed by atoms with van der Waals surface area (Å²) in [4.78, 5) is 18.1. The molecule has 0 aliphatic heterocycles. The first-order chi connectivity index (χ1) is 19.5. The van der Waals surface area contributed by atoms with Gasteiger partial charge in [0.15, 0.2) is 0 Å². The molecule has 0 amide bonds. The molecule has 2 aromatic heterocycles. The van der Waals surface area contributed by atoms with Crippen molar-refractivity contribution < 1.29 is 14.3 Å². The van der Waals surface area contributed by atoms with Crippen LogP contribution in [-0.4, -0.2) is 20.6 Å². The van der Waals surface area contributed by atoms with Crippen LogP contribution in [0, 0.1) is 17.1 Å². The second kappa shape index (κ2) is 12.1. The molecule has 7 heteroatoms. The van der Waals surface area contributed by atoms with Crippen LogP contribution in [0.1, 0.15) is 43.0 Å². The van der Waals surface area contributed by atoms with Crippen LogP contribution in [0.3, 0.4) is 0 Å². The number of thiophene rings is 1. The zero-order chi connectivity index (χ0) is 28.1. The van der Waals surface area contributed by atoms with Crippen molar-refractivity contribution in [1.82, 2.24) is 9.55 Å². The van der Waals surface area contributed by atoms with Gasteiger partial charge in [0.1, 0.15) is 23.3 Å². The number of para-hydroxylation sites is 2. The molecule has 0 saturated carbocycles. The van der Waals surface area contributed by atoms with Gasteiger partial charge in [0.05, 0.1) is 11.0 Å². The highest BCUT2D eigenvalue weighted by Gasteiger charge is 2.16. The minimum absolute atomic E-state index is 0.277. The van der Waals surface area contributed by atoms with Crippen LogP contribution < -0.4 is 0 Å². The summed E-state index contributed by atoms with van der Waals surface area (Å²) >= 11 is 1.50. The predicted octanol–water partition coefficient (Wildman–Crippen LogP) is 8.67. The maximum Gasteiger partial charge on any atom is 0.346 e. The van der Waals surface area contributed by atoms with Crippen LogP contribution in [0.2, 0.25) is 0 Å². The predicted molar refractivity (Wildman–Crippen MR) is 159 cm³/mol. The average Bonchev–Trinajstić information content (AvgIpc) is 3.56. The third kappa shape index (κ3) is 5.73. The molecule has 2 heterocycles. The van der Waals surface area contributed by atoms with Gasteiger partial charge in [-0.3, -0.25) is 4.57 Å². The molecule has 5 nitrogen and oxygen atoms in total. The lowest BCUT2D eigenvalue weighted by Gasteiger charge is -2.10.